The van der Waals surface area contributed by atoms with E-state index in [1.165, 1.54) is 11.3 Å². The van der Waals surface area contributed by atoms with Gasteiger partial charge in [-0.05, 0) is 6.92 Å². The molecule has 0 unspecified atom stereocenters. The molecule has 0 radical (unpaired) electrons. The second-order valence-electron chi connectivity index (χ2n) is 4.02. The first-order valence-corrected chi connectivity index (χ1v) is 6.27. The summed E-state index contributed by atoms with van der Waals surface area (Å²) in [5, 5.41) is 0.916. The number of hydrogen-bond donors (Lipinski definition) is 0. The number of aromatic nitrogens is 3. The van der Waals surface area contributed by atoms with Gasteiger partial charge in [0.15, 0.2) is 11.4 Å². The first-order valence-electron chi connectivity index (χ1n) is 5.45. The highest BCUT2D eigenvalue weighted by molar-refractivity contribution is 7.17. The van der Waals surface area contributed by atoms with Crippen LogP contribution in [0.3, 0.4) is 0 Å². The van der Waals surface area contributed by atoms with E-state index in [0.717, 1.165) is 42.6 Å². The lowest BCUT2D eigenvalue weighted by molar-refractivity contribution is 0.112. The van der Waals surface area contributed by atoms with Crippen molar-refractivity contribution >= 4 is 22.8 Å². The molecule has 3 heterocycles. The first-order chi connectivity index (χ1) is 8.28. The average Bonchev–Trinajstić information content (AvgIpc) is 2.93. The molecule has 17 heavy (non-hydrogen) atoms. The van der Waals surface area contributed by atoms with Crippen LogP contribution in [0.2, 0.25) is 0 Å². The number of carbonyl (C=O) groups excluding carboxylic acids is 1. The van der Waals surface area contributed by atoms with E-state index in [1.54, 1.807) is 0 Å². The van der Waals surface area contributed by atoms with Crippen molar-refractivity contribution in [1.82, 2.24) is 14.5 Å². The molecule has 0 amide bonds. The van der Waals surface area contributed by atoms with Gasteiger partial charge in [0, 0.05) is 25.5 Å². The Labute approximate surface area is 103 Å². The molecule has 1 aliphatic heterocycles. The fourth-order valence-corrected chi connectivity index (χ4v) is 2.88. The molecule has 0 fully saturated rings. The number of fused-ring (bicyclic) bond motifs is 1. The summed E-state index contributed by atoms with van der Waals surface area (Å²) < 4.78 is 2.15. The monoisotopic (exact) mass is 248 g/mol. The van der Waals surface area contributed by atoms with E-state index >= 15 is 0 Å². The van der Waals surface area contributed by atoms with E-state index in [-0.39, 0.29) is 0 Å². The number of nitrogens with zero attached hydrogens (tertiary/aromatic N) is 4. The van der Waals surface area contributed by atoms with Crippen LogP contribution in [0.4, 0.5) is 5.13 Å². The standard InChI is InChI=1S/C11H12N4OS/c1-8-9(7-16)17-11(13-8)15-5-4-14-3-2-12-10(14)6-15/h2-3,7H,4-6H2,1H3. The van der Waals surface area contributed by atoms with Crippen molar-refractivity contribution in [2.24, 2.45) is 0 Å². The van der Waals surface area contributed by atoms with Gasteiger partial charge in [-0.1, -0.05) is 11.3 Å². The second kappa shape index (κ2) is 3.96. The minimum atomic E-state index is 0.717. The zero-order valence-electron chi connectivity index (χ0n) is 9.46. The first kappa shape index (κ1) is 10.5. The van der Waals surface area contributed by atoms with E-state index in [1.807, 2.05) is 19.3 Å². The van der Waals surface area contributed by atoms with Gasteiger partial charge in [-0.3, -0.25) is 4.79 Å². The molecule has 1 aliphatic rings. The van der Waals surface area contributed by atoms with Gasteiger partial charge in [-0.15, -0.1) is 0 Å². The second-order valence-corrected chi connectivity index (χ2v) is 5.03. The van der Waals surface area contributed by atoms with Crippen LogP contribution in [0.25, 0.3) is 0 Å². The largest absolute Gasteiger partial charge is 0.339 e. The van der Waals surface area contributed by atoms with Gasteiger partial charge < -0.3 is 9.47 Å². The maximum Gasteiger partial charge on any atom is 0.186 e. The SMILES string of the molecule is Cc1nc(N2CCn3ccnc3C2)sc1C=O. The molecule has 0 saturated carbocycles. The molecule has 5 nitrogen and oxygen atoms in total. The molecule has 2 aromatic heterocycles. The number of carbonyl (C=O) groups is 1. The summed E-state index contributed by atoms with van der Waals surface area (Å²) in [7, 11) is 0. The lowest BCUT2D eigenvalue weighted by Gasteiger charge is -2.27. The van der Waals surface area contributed by atoms with E-state index in [0.29, 0.717) is 4.88 Å². The van der Waals surface area contributed by atoms with Gasteiger partial charge in [-0.2, -0.15) is 0 Å². The van der Waals surface area contributed by atoms with Crippen molar-refractivity contribution in [2.45, 2.75) is 20.0 Å². The molecule has 0 spiro atoms. The topological polar surface area (TPSA) is 51.0 Å². The van der Waals surface area contributed by atoms with Crippen molar-refractivity contribution < 1.29 is 4.79 Å². The molecular formula is C11H12N4OS. The maximum atomic E-state index is 10.8. The highest BCUT2D eigenvalue weighted by atomic mass is 32.1. The number of imidazole rings is 1. The number of aldehydes is 1. The highest BCUT2D eigenvalue weighted by Crippen LogP contribution is 2.27. The van der Waals surface area contributed by atoms with Crippen LogP contribution in [-0.2, 0) is 13.1 Å². The molecular weight excluding hydrogens is 236 g/mol. The van der Waals surface area contributed by atoms with E-state index < -0.39 is 0 Å². The number of anilines is 1. The van der Waals surface area contributed by atoms with Gasteiger partial charge >= 0.3 is 0 Å². The summed E-state index contributed by atoms with van der Waals surface area (Å²) in [5.74, 6) is 1.05. The van der Waals surface area contributed by atoms with Crippen LogP contribution >= 0.6 is 11.3 Å². The fourth-order valence-electron chi connectivity index (χ4n) is 1.97. The molecule has 0 aliphatic carbocycles. The predicted octanol–water partition coefficient (Wildman–Crippen LogP) is 1.48. The van der Waals surface area contributed by atoms with Crippen molar-refractivity contribution in [1.29, 1.82) is 0 Å². The summed E-state index contributed by atoms with van der Waals surface area (Å²) in [6.07, 6.45) is 4.70. The molecule has 6 heteroatoms. The molecule has 88 valence electrons. The minimum absolute atomic E-state index is 0.717. The summed E-state index contributed by atoms with van der Waals surface area (Å²) >= 11 is 1.45. The van der Waals surface area contributed by atoms with Gasteiger partial charge in [0.05, 0.1) is 17.1 Å². The zero-order chi connectivity index (χ0) is 11.8. The third-order valence-corrected chi connectivity index (χ3v) is 4.09. The third kappa shape index (κ3) is 1.74. The molecule has 0 bridgehead atoms. The van der Waals surface area contributed by atoms with Gasteiger partial charge in [0.1, 0.15) is 5.82 Å². The van der Waals surface area contributed by atoms with Crippen LogP contribution in [-0.4, -0.2) is 27.4 Å². The zero-order valence-corrected chi connectivity index (χ0v) is 10.3. The highest BCUT2D eigenvalue weighted by Gasteiger charge is 2.20. The van der Waals surface area contributed by atoms with Crippen LogP contribution < -0.4 is 4.90 Å². The van der Waals surface area contributed by atoms with Crippen molar-refractivity contribution in [3.8, 4) is 0 Å². The maximum absolute atomic E-state index is 10.8. The Bertz CT molecular complexity index is 560. The Morgan fingerprint density at radius 2 is 2.35 bits per heavy atom. The molecule has 0 aromatic carbocycles. The number of thiazole rings is 1. The Hall–Kier alpha value is -1.69. The summed E-state index contributed by atoms with van der Waals surface area (Å²) in [5.41, 5.74) is 0.814. The molecule has 2 aromatic rings. The summed E-state index contributed by atoms with van der Waals surface area (Å²) in [4.78, 5) is 22.5. The normalized spacial score (nSPS) is 14.8. The van der Waals surface area contributed by atoms with Crippen molar-refractivity contribution in [2.75, 3.05) is 11.4 Å². The van der Waals surface area contributed by atoms with Gasteiger partial charge in [0.25, 0.3) is 0 Å². The summed E-state index contributed by atoms with van der Waals surface area (Å²) in [6, 6.07) is 0. The number of rotatable bonds is 2. The van der Waals surface area contributed by atoms with Gasteiger partial charge in [-0.25, -0.2) is 9.97 Å². The average molecular weight is 248 g/mol. The Morgan fingerprint density at radius 1 is 1.47 bits per heavy atom. The van der Waals surface area contributed by atoms with E-state index in [9.17, 15) is 4.79 Å². The quantitative estimate of drug-likeness (QED) is 0.755. The van der Waals surface area contributed by atoms with Gasteiger partial charge in [0.2, 0.25) is 0 Å². The van der Waals surface area contributed by atoms with Crippen LogP contribution in [0, 0.1) is 6.92 Å². The van der Waals surface area contributed by atoms with Crippen molar-refractivity contribution in [3.63, 3.8) is 0 Å². The minimum Gasteiger partial charge on any atom is -0.339 e. The smallest absolute Gasteiger partial charge is 0.186 e. The molecule has 0 saturated heterocycles. The Kier molecular flexibility index (Phi) is 2.44. The Balaban J connectivity index is 1.88. The predicted molar refractivity (Wildman–Crippen MR) is 65.5 cm³/mol. The third-order valence-electron chi connectivity index (χ3n) is 2.94. The van der Waals surface area contributed by atoms with Crippen LogP contribution in [0.15, 0.2) is 12.4 Å². The lowest BCUT2D eigenvalue weighted by atomic mass is 10.4. The van der Waals surface area contributed by atoms with E-state index in [2.05, 4.69) is 19.4 Å². The Morgan fingerprint density at radius 3 is 3.12 bits per heavy atom. The van der Waals surface area contributed by atoms with E-state index in [4.69, 9.17) is 0 Å². The number of aryl methyl sites for hydroxylation is 1. The van der Waals surface area contributed by atoms with Crippen LogP contribution in [0.5, 0.6) is 0 Å². The molecule has 0 atom stereocenters. The molecule has 0 N–H and O–H groups in total. The lowest BCUT2D eigenvalue weighted by Crippen LogP contribution is -2.33. The molecule has 3 rings (SSSR count). The summed E-state index contributed by atoms with van der Waals surface area (Å²) in [6.45, 7) is 4.46. The van der Waals surface area contributed by atoms with Crippen LogP contribution in [0.1, 0.15) is 21.2 Å². The fraction of sp³-hybridized carbons (Fsp3) is 0.364. The van der Waals surface area contributed by atoms with Crippen molar-refractivity contribution in [3.05, 3.63) is 28.8 Å². The number of hydrogen-bond acceptors (Lipinski definition) is 5.